The Hall–Kier alpha value is -0.650. The average Bonchev–Trinajstić information content (AvgIpc) is 3.19. The van der Waals surface area contributed by atoms with Crippen LogP contribution in [0.3, 0.4) is 0 Å². The lowest BCUT2D eigenvalue weighted by Gasteiger charge is -2.11. The van der Waals surface area contributed by atoms with Crippen molar-refractivity contribution in [2.45, 2.75) is 25.7 Å². The predicted octanol–water partition coefficient (Wildman–Crippen LogP) is 5.58. The fourth-order valence-corrected chi connectivity index (χ4v) is 3.02. The summed E-state index contributed by atoms with van der Waals surface area (Å²) in [6, 6.07) is 5.75. The minimum Gasteiger partial charge on any atom is -0.339 e. The molecule has 0 unspecified atom stereocenters. The summed E-state index contributed by atoms with van der Waals surface area (Å²) in [7, 11) is 0. The van der Waals surface area contributed by atoms with Gasteiger partial charge in [0.25, 0.3) is 0 Å². The number of halogens is 3. The molecule has 104 valence electrons. The van der Waals surface area contributed by atoms with Crippen LogP contribution in [0.4, 0.5) is 11.5 Å². The van der Waals surface area contributed by atoms with E-state index in [0.717, 1.165) is 37.0 Å². The van der Waals surface area contributed by atoms with Crippen molar-refractivity contribution in [1.82, 2.24) is 9.97 Å². The molecular weight excluding hydrogens is 405 g/mol. The Kier molecular flexibility index (Phi) is 4.02. The van der Waals surface area contributed by atoms with Crippen LogP contribution < -0.4 is 5.32 Å². The van der Waals surface area contributed by atoms with E-state index in [1.54, 1.807) is 0 Å². The molecule has 0 atom stereocenters. The first-order chi connectivity index (χ1) is 9.52. The normalized spacial score (nSPS) is 14.4. The molecule has 20 heavy (non-hydrogen) atoms. The molecule has 0 aliphatic heterocycles. The molecule has 1 aromatic heterocycles. The number of hydrogen-bond donors (Lipinski definition) is 1. The Bertz CT molecular complexity index is 672. The van der Waals surface area contributed by atoms with Gasteiger partial charge in [0, 0.05) is 21.5 Å². The van der Waals surface area contributed by atoms with Gasteiger partial charge < -0.3 is 5.32 Å². The van der Waals surface area contributed by atoms with Crippen LogP contribution in [0.2, 0.25) is 5.02 Å². The monoisotopic (exact) mass is 415 g/mol. The van der Waals surface area contributed by atoms with Crippen molar-refractivity contribution in [2.24, 2.45) is 0 Å². The van der Waals surface area contributed by atoms with E-state index in [2.05, 4.69) is 47.1 Å². The summed E-state index contributed by atoms with van der Waals surface area (Å²) in [5, 5.41) is 4.02. The number of benzene rings is 1. The molecule has 1 fully saturated rings. The van der Waals surface area contributed by atoms with Gasteiger partial charge in [-0.3, -0.25) is 0 Å². The second-order valence-electron chi connectivity index (χ2n) is 4.91. The molecule has 0 radical (unpaired) electrons. The van der Waals surface area contributed by atoms with Gasteiger partial charge in [-0.25, -0.2) is 9.97 Å². The highest BCUT2D eigenvalue weighted by Crippen LogP contribution is 2.39. The van der Waals surface area contributed by atoms with Gasteiger partial charge in [0.1, 0.15) is 16.2 Å². The molecule has 1 aliphatic carbocycles. The molecule has 1 aliphatic rings. The van der Waals surface area contributed by atoms with Gasteiger partial charge in [-0.05, 0) is 69.3 Å². The fourth-order valence-electron chi connectivity index (χ4n) is 1.90. The number of anilines is 2. The van der Waals surface area contributed by atoms with Crippen molar-refractivity contribution in [3.63, 3.8) is 0 Å². The summed E-state index contributed by atoms with van der Waals surface area (Å²) < 4.78 is 1.76. The highest BCUT2D eigenvalue weighted by Gasteiger charge is 2.27. The zero-order chi connectivity index (χ0) is 14.3. The zero-order valence-electron chi connectivity index (χ0n) is 10.8. The van der Waals surface area contributed by atoms with Gasteiger partial charge in [0.15, 0.2) is 0 Å². The number of aryl methyl sites for hydroxylation is 1. The van der Waals surface area contributed by atoms with Gasteiger partial charge in [0.05, 0.1) is 5.69 Å². The van der Waals surface area contributed by atoms with E-state index in [9.17, 15) is 0 Å². The molecule has 3 rings (SSSR count). The van der Waals surface area contributed by atoms with Crippen LogP contribution in [-0.2, 0) is 0 Å². The zero-order valence-corrected chi connectivity index (χ0v) is 14.7. The minimum absolute atomic E-state index is 0.512. The van der Waals surface area contributed by atoms with Crippen LogP contribution in [0.15, 0.2) is 27.3 Å². The van der Waals surface area contributed by atoms with Crippen molar-refractivity contribution < 1.29 is 0 Å². The summed E-state index contributed by atoms with van der Waals surface area (Å²) in [5.41, 5.74) is 1.93. The minimum atomic E-state index is 0.512. The van der Waals surface area contributed by atoms with Gasteiger partial charge in [-0.2, -0.15) is 0 Å². The third-order valence-corrected chi connectivity index (χ3v) is 4.64. The van der Waals surface area contributed by atoms with Crippen molar-refractivity contribution in [3.05, 3.63) is 43.7 Å². The van der Waals surface area contributed by atoms with Crippen molar-refractivity contribution >= 4 is 55.0 Å². The summed E-state index contributed by atoms with van der Waals surface area (Å²) in [5.74, 6) is 2.18. The van der Waals surface area contributed by atoms with E-state index >= 15 is 0 Å². The van der Waals surface area contributed by atoms with Crippen molar-refractivity contribution in [2.75, 3.05) is 5.32 Å². The Balaban J connectivity index is 1.92. The predicted molar refractivity (Wildman–Crippen MR) is 88.9 cm³/mol. The maximum atomic E-state index is 6.17. The summed E-state index contributed by atoms with van der Waals surface area (Å²) in [6.45, 7) is 1.98. The van der Waals surface area contributed by atoms with Crippen LogP contribution >= 0.6 is 43.5 Å². The highest BCUT2D eigenvalue weighted by atomic mass is 79.9. The first-order valence-electron chi connectivity index (χ1n) is 6.30. The maximum Gasteiger partial charge on any atom is 0.135 e. The average molecular weight is 418 g/mol. The smallest absolute Gasteiger partial charge is 0.135 e. The topological polar surface area (TPSA) is 37.8 Å². The van der Waals surface area contributed by atoms with Crippen LogP contribution in [0.5, 0.6) is 0 Å². The Labute approximate surface area is 139 Å². The quantitative estimate of drug-likeness (QED) is 0.662. The van der Waals surface area contributed by atoms with E-state index in [4.69, 9.17) is 11.6 Å². The first kappa shape index (κ1) is 14.3. The summed E-state index contributed by atoms with van der Waals surface area (Å²) in [6.07, 6.45) is 2.35. The van der Waals surface area contributed by atoms with Gasteiger partial charge in [-0.15, -0.1) is 0 Å². The van der Waals surface area contributed by atoms with E-state index in [1.165, 1.54) is 12.8 Å². The number of aromatic nitrogens is 2. The Morgan fingerprint density at radius 2 is 1.95 bits per heavy atom. The van der Waals surface area contributed by atoms with Crippen molar-refractivity contribution in [1.29, 1.82) is 0 Å². The third-order valence-electron chi connectivity index (χ3n) is 3.17. The highest BCUT2D eigenvalue weighted by molar-refractivity contribution is 9.10. The summed E-state index contributed by atoms with van der Waals surface area (Å²) >= 11 is 13.2. The van der Waals surface area contributed by atoms with E-state index in [1.807, 2.05) is 25.1 Å². The Morgan fingerprint density at radius 1 is 1.20 bits per heavy atom. The molecule has 1 aromatic carbocycles. The molecule has 1 heterocycles. The number of nitrogens with zero attached hydrogens (tertiary/aromatic N) is 2. The molecule has 1 N–H and O–H groups in total. The maximum absolute atomic E-state index is 6.17. The van der Waals surface area contributed by atoms with Crippen LogP contribution in [-0.4, -0.2) is 9.97 Å². The van der Waals surface area contributed by atoms with Crippen LogP contribution in [0.1, 0.15) is 30.1 Å². The number of rotatable bonds is 3. The lowest BCUT2D eigenvalue weighted by molar-refractivity contribution is 0.919. The van der Waals surface area contributed by atoms with E-state index < -0.39 is 0 Å². The molecule has 1 saturated carbocycles. The van der Waals surface area contributed by atoms with Gasteiger partial charge in [-0.1, -0.05) is 11.6 Å². The third kappa shape index (κ3) is 3.15. The van der Waals surface area contributed by atoms with Gasteiger partial charge >= 0.3 is 0 Å². The second-order valence-corrected chi connectivity index (χ2v) is 6.99. The van der Waals surface area contributed by atoms with Crippen LogP contribution in [0, 0.1) is 6.92 Å². The van der Waals surface area contributed by atoms with Gasteiger partial charge in [0.2, 0.25) is 0 Å². The molecule has 0 bridgehead atoms. The molecular formula is C14H12Br2ClN3. The first-order valence-corrected chi connectivity index (χ1v) is 8.26. The van der Waals surface area contributed by atoms with Crippen LogP contribution in [0.25, 0.3) is 0 Å². The fraction of sp³-hybridized carbons (Fsp3) is 0.286. The SMILES string of the molecule is Cc1cc(Br)c(Nc2cc(Br)nc(C3CC3)n2)cc1Cl. The van der Waals surface area contributed by atoms with E-state index in [0.29, 0.717) is 5.92 Å². The molecule has 6 heteroatoms. The molecule has 0 amide bonds. The lowest BCUT2D eigenvalue weighted by Crippen LogP contribution is -2.00. The summed E-state index contributed by atoms with van der Waals surface area (Å²) in [4.78, 5) is 8.99. The largest absolute Gasteiger partial charge is 0.339 e. The lowest BCUT2D eigenvalue weighted by atomic mass is 10.2. The standard InChI is InChI=1S/C14H12Br2ClN3/c1-7-4-9(15)11(5-10(7)17)18-13-6-12(16)19-14(20-13)8-2-3-8/h4-6,8H,2-3H2,1H3,(H,18,19,20). The van der Waals surface area contributed by atoms with Crippen molar-refractivity contribution in [3.8, 4) is 0 Å². The number of hydrogen-bond acceptors (Lipinski definition) is 3. The number of nitrogens with one attached hydrogen (secondary N) is 1. The van der Waals surface area contributed by atoms with E-state index in [-0.39, 0.29) is 0 Å². The molecule has 2 aromatic rings. The Morgan fingerprint density at radius 3 is 2.65 bits per heavy atom. The molecule has 0 saturated heterocycles. The molecule has 3 nitrogen and oxygen atoms in total. The molecule has 0 spiro atoms. The second kappa shape index (κ2) is 5.62.